The van der Waals surface area contributed by atoms with Crippen LogP contribution in [0.1, 0.15) is 12.5 Å². The number of para-hydroxylation sites is 1. The first kappa shape index (κ1) is 11.5. The molecule has 1 rings (SSSR count). The molecule has 0 amide bonds. The lowest BCUT2D eigenvalue weighted by atomic mass is 10.1. The molecule has 0 saturated heterocycles. The maximum Gasteiger partial charge on any atom is 0.124 e. The molecule has 1 aromatic carbocycles. The Labute approximate surface area is 89.9 Å². The highest BCUT2D eigenvalue weighted by molar-refractivity contribution is 6.00. The number of hydrogen-bond acceptors (Lipinski definition) is 3. The fraction of sp³-hybridized carbons (Fsp3) is 0.364. The summed E-state index contributed by atoms with van der Waals surface area (Å²) in [5.74, 6) is 0.0724. The second-order valence-electron chi connectivity index (χ2n) is 3.39. The molecule has 4 nitrogen and oxygen atoms in total. The average molecular weight is 207 g/mol. The van der Waals surface area contributed by atoms with Gasteiger partial charge in [0, 0.05) is 24.9 Å². The normalized spacial score (nSPS) is 12.1. The van der Waals surface area contributed by atoms with E-state index in [1.165, 1.54) is 0 Å². The zero-order valence-electron chi connectivity index (χ0n) is 9.08. The SMILES string of the molecule is COC(C)CNc1ccccc1C(=N)N. The van der Waals surface area contributed by atoms with Crippen molar-refractivity contribution in [1.29, 1.82) is 5.41 Å². The Balaban J connectivity index is 2.72. The van der Waals surface area contributed by atoms with E-state index < -0.39 is 0 Å². The number of ether oxygens (including phenoxy) is 1. The van der Waals surface area contributed by atoms with Crippen LogP contribution < -0.4 is 11.1 Å². The van der Waals surface area contributed by atoms with Crippen LogP contribution in [-0.2, 0) is 4.74 Å². The highest BCUT2D eigenvalue weighted by Crippen LogP contribution is 2.13. The third kappa shape index (κ3) is 3.25. The number of nitrogens with one attached hydrogen (secondary N) is 2. The van der Waals surface area contributed by atoms with E-state index in [2.05, 4.69) is 5.32 Å². The summed E-state index contributed by atoms with van der Waals surface area (Å²) in [6.45, 7) is 2.67. The van der Waals surface area contributed by atoms with Crippen LogP contribution in [0, 0.1) is 5.41 Å². The predicted molar refractivity (Wildman–Crippen MR) is 62.4 cm³/mol. The maximum absolute atomic E-state index is 7.41. The second kappa shape index (κ2) is 5.36. The molecule has 0 bridgehead atoms. The van der Waals surface area contributed by atoms with Crippen molar-refractivity contribution in [2.75, 3.05) is 19.0 Å². The summed E-state index contributed by atoms with van der Waals surface area (Å²) in [6.07, 6.45) is 0.130. The van der Waals surface area contributed by atoms with Crippen LogP contribution in [0.15, 0.2) is 24.3 Å². The molecule has 1 unspecified atom stereocenters. The van der Waals surface area contributed by atoms with Gasteiger partial charge in [0.15, 0.2) is 0 Å². The van der Waals surface area contributed by atoms with Gasteiger partial charge < -0.3 is 15.8 Å². The molecule has 0 spiro atoms. The summed E-state index contributed by atoms with van der Waals surface area (Å²) in [7, 11) is 1.67. The van der Waals surface area contributed by atoms with Crippen molar-refractivity contribution in [3.63, 3.8) is 0 Å². The number of nitrogen functional groups attached to an aromatic ring is 1. The van der Waals surface area contributed by atoms with Gasteiger partial charge in [-0.1, -0.05) is 12.1 Å². The molecule has 0 fully saturated rings. The Kier molecular flexibility index (Phi) is 4.12. The van der Waals surface area contributed by atoms with Crippen molar-refractivity contribution in [2.45, 2.75) is 13.0 Å². The van der Waals surface area contributed by atoms with Crippen LogP contribution in [0.5, 0.6) is 0 Å². The van der Waals surface area contributed by atoms with Gasteiger partial charge >= 0.3 is 0 Å². The van der Waals surface area contributed by atoms with Gasteiger partial charge in [0.05, 0.1) is 6.10 Å². The minimum absolute atomic E-state index is 0.0724. The summed E-state index contributed by atoms with van der Waals surface area (Å²) in [5.41, 5.74) is 7.06. The number of rotatable bonds is 5. The Bertz CT molecular complexity index is 338. The molecule has 4 heteroatoms. The minimum atomic E-state index is 0.0724. The third-order valence-corrected chi connectivity index (χ3v) is 2.20. The van der Waals surface area contributed by atoms with E-state index in [9.17, 15) is 0 Å². The summed E-state index contributed by atoms with van der Waals surface area (Å²) in [4.78, 5) is 0. The van der Waals surface area contributed by atoms with Crippen LogP contribution in [0.25, 0.3) is 0 Å². The summed E-state index contributed by atoms with van der Waals surface area (Å²) < 4.78 is 5.12. The van der Waals surface area contributed by atoms with Gasteiger partial charge in [0.25, 0.3) is 0 Å². The molecule has 0 aliphatic heterocycles. The zero-order valence-corrected chi connectivity index (χ0v) is 9.08. The number of benzene rings is 1. The van der Waals surface area contributed by atoms with Crippen LogP contribution in [0.4, 0.5) is 5.69 Å². The number of nitrogens with two attached hydrogens (primary N) is 1. The highest BCUT2D eigenvalue weighted by atomic mass is 16.5. The van der Waals surface area contributed by atoms with E-state index in [1.54, 1.807) is 7.11 Å². The number of methoxy groups -OCH3 is 1. The first-order chi connectivity index (χ1) is 7.15. The van der Waals surface area contributed by atoms with Crippen molar-refractivity contribution < 1.29 is 4.74 Å². The van der Waals surface area contributed by atoms with Crippen LogP contribution in [0.2, 0.25) is 0 Å². The monoisotopic (exact) mass is 207 g/mol. The van der Waals surface area contributed by atoms with Gasteiger partial charge in [0.2, 0.25) is 0 Å². The molecular formula is C11H17N3O. The van der Waals surface area contributed by atoms with Gasteiger partial charge in [-0.3, -0.25) is 5.41 Å². The quantitative estimate of drug-likeness (QED) is 0.505. The lowest BCUT2D eigenvalue weighted by Gasteiger charge is -2.14. The first-order valence-electron chi connectivity index (χ1n) is 4.85. The number of hydrogen-bond donors (Lipinski definition) is 3. The highest BCUT2D eigenvalue weighted by Gasteiger charge is 2.05. The Morgan fingerprint density at radius 3 is 2.80 bits per heavy atom. The van der Waals surface area contributed by atoms with Crippen molar-refractivity contribution >= 4 is 11.5 Å². The van der Waals surface area contributed by atoms with E-state index in [0.29, 0.717) is 6.54 Å². The lowest BCUT2D eigenvalue weighted by molar-refractivity contribution is 0.129. The smallest absolute Gasteiger partial charge is 0.124 e. The fourth-order valence-electron chi connectivity index (χ4n) is 1.21. The molecule has 1 atom stereocenters. The molecule has 0 aliphatic rings. The maximum atomic E-state index is 7.41. The zero-order chi connectivity index (χ0) is 11.3. The summed E-state index contributed by atoms with van der Waals surface area (Å²) in [5, 5.41) is 10.6. The molecule has 0 radical (unpaired) electrons. The Morgan fingerprint density at radius 1 is 1.53 bits per heavy atom. The Morgan fingerprint density at radius 2 is 2.20 bits per heavy atom. The fourth-order valence-corrected chi connectivity index (χ4v) is 1.21. The van der Waals surface area contributed by atoms with Crippen LogP contribution >= 0.6 is 0 Å². The van der Waals surface area contributed by atoms with Crippen molar-refractivity contribution in [1.82, 2.24) is 0 Å². The van der Waals surface area contributed by atoms with Gasteiger partial charge in [-0.05, 0) is 19.1 Å². The van der Waals surface area contributed by atoms with Gasteiger partial charge in [-0.15, -0.1) is 0 Å². The molecular weight excluding hydrogens is 190 g/mol. The van der Waals surface area contributed by atoms with Crippen LogP contribution in [0.3, 0.4) is 0 Å². The molecule has 0 heterocycles. The Hall–Kier alpha value is -1.55. The summed E-state index contributed by atoms with van der Waals surface area (Å²) in [6, 6.07) is 7.50. The largest absolute Gasteiger partial charge is 0.384 e. The van der Waals surface area contributed by atoms with E-state index >= 15 is 0 Å². The molecule has 0 aromatic heterocycles. The summed E-state index contributed by atoms with van der Waals surface area (Å²) >= 11 is 0. The van der Waals surface area contributed by atoms with Crippen molar-refractivity contribution in [3.8, 4) is 0 Å². The van der Waals surface area contributed by atoms with Gasteiger partial charge in [-0.25, -0.2) is 0 Å². The second-order valence-corrected chi connectivity index (χ2v) is 3.39. The third-order valence-electron chi connectivity index (χ3n) is 2.20. The molecule has 82 valence electrons. The molecule has 1 aromatic rings. The van der Waals surface area contributed by atoms with Crippen molar-refractivity contribution in [2.24, 2.45) is 5.73 Å². The standard InChI is InChI=1S/C11H17N3O/c1-8(15-2)7-14-10-6-4-3-5-9(10)11(12)13/h3-6,8,14H,7H2,1-2H3,(H3,12,13). The van der Waals surface area contributed by atoms with E-state index in [1.807, 2.05) is 31.2 Å². The number of amidine groups is 1. The number of anilines is 1. The average Bonchev–Trinajstić information content (AvgIpc) is 2.26. The predicted octanol–water partition coefficient (Wildman–Crippen LogP) is 1.42. The van der Waals surface area contributed by atoms with Gasteiger partial charge in [0.1, 0.15) is 5.84 Å². The molecule has 0 saturated carbocycles. The topological polar surface area (TPSA) is 71.1 Å². The van der Waals surface area contributed by atoms with Crippen LogP contribution in [-0.4, -0.2) is 25.6 Å². The van der Waals surface area contributed by atoms with Gasteiger partial charge in [-0.2, -0.15) is 0 Å². The lowest BCUT2D eigenvalue weighted by Crippen LogP contribution is -2.20. The minimum Gasteiger partial charge on any atom is -0.384 e. The molecule has 0 aliphatic carbocycles. The first-order valence-corrected chi connectivity index (χ1v) is 4.85. The van der Waals surface area contributed by atoms with E-state index in [-0.39, 0.29) is 11.9 Å². The van der Waals surface area contributed by atoms with E-state index in [4.69, 9.17) is 15.9 Å². The van der Waals surface area contributed by atoms with E-state index in [0.717, 1.165) is 11.3 Å². The van der Waals surface area contributed by atoms with Crippen molar-refractivity contribution in [3.05, 3.63) is 29.8 Å². The molecule has 4 N–H and O–H groups in total. The molecule has 15 heavy (non-hydrogen) atoms.